The average molecular weight is 267 g/mol. The number of halogens is 1. The summed E-state index contributed by atoms with van der Waals surface area (Å²) in [6, 6.07) is 2.04. The Labute approximate surface area is 112 Å². The van der Waals surface area contributed by atoms with Crippen molar-refractivity contribution in [3.63, 3.8) is 0 Å². The lowest BCUT2D eigenvalue weighted by atomic mass is 10.2. The summed E-state index contributed by atoms with van der Waals surface area (Å²) < 4.78 is 1.86. The van der Waals surface area contributed by atoms with E-state index >= 15 is 0 Å². The van der Waals surface area contributed by atoms with Crippen LogP contribution in [0.25, 0.3) is 5.52 Å². The van der Waals surface area contributed by atoms with E-state index in [0.717, 1.165) is 42.3 Å². The first-order valence-corrected chi connectivity index (χ1v) is 6.95. The third-order valence-corrected chi connectivity index (χ3v) is 3.13. The topological polar surface area (TPSA) is 42.2 Å². The molecular weight excluding hydrogens is 248 g/mol. The molecule has 0 aromatic carbocycles. The van der Waals surface area contributed by atoms with E-state index in [-0.39, 0.29) is 0 Å². The molecule has 0 saturated heterocycles. The van der Waals surface area contributed by atoms with Crippen molar-refractivity contribution < 1.29 is 0 Å². The maximum Gasteiger partial charge on any atom is 0.152 e. The Kier molecular flexibility index (Phi) is 4.81. The summed E-state index contributed by atoms with van der Waals surface area (Å²) >= 11 is 5.64. The number of rotatable bonds is 7. The molecule has 5 heteroatoms. The van der Waals surface area contributed by atoms with Crippen LogP contribution in [0.4, 0.5) is 5.82 Å². The third-order valence-electron chi connectivity index (χ3n) is 2.86. The van der Waals surface area contributed by atoms with E-state index in [1.54, 1.807) is 6.20 Å². The monoisotopic (exact) mass is 266 g/mol. The van der Waals surface area contributed by atoms with Gasteiger partial charge in [0, 0.05) is 24.8 Å². The zero-order valence-corrected chi connectivity index (χ0v) is 11.5. The molecule has 0 fully saturated rings. The van der Waals surface area contributed by atoms with E-state index in [1.807, 2.05) is 23.7 Å². The van der Waals surface area contributed by atoms with E-state index in [9.17, 15) is 0 Å². The number of fused-ring (bicyclic) bond motifs is 1. The minimum absolute atomic E-state index is 0.767. The summed E-state index contributed by atoms with van der Waals surface area (Å²) in [4.78, 5) is 4.36. The van der Waals surface area contributed by atoms with Crippen molar-refractivity contribution in [2.45, 2.75) is 32.6 Å². The minimum Gasteiger partial charge on any atom is -0.368 e. The highest BCUT2D eigenvalue weighted by Gasteiger charge is 2.04. The van der Waals surface area contributed by atoms with Gasteiger partial charge in [-0.15, -0.1) is 11.6 Å². The van der Waals surface area contributed by atoms with E-state index < -0.39 is 0 Å². The quantitative estimate of drug-likeness (QED) is 0.618. The highest BCUT2D eigenvalue weighted by molar-refractivity contribution is 6.17. The second-order valence-electron chi connectivity index (χ2n) is 4.42. The number of alkyl halides is 1. The molecule has 4 nitrogen and oxygen atoms in total. The van der Waals surface area contributed by atoms with Gasteiger partial charge in [-0.3, -0.25) is 0 Å². The van der Waals surface area contributed by atoms with Crippen molar-refractivity contribution in [2.75, 3.05) is 17.7 Å². The van der Waals surface area contributed by atoms with E-state index in [4.69, 9.17) is 11.6 Å². The Morgan fingerprint density at radius 3 is 2.94 bits per heavy atom. The molecule has 98 valence electrons. The largest absolute Gasteiger partial charge is 0.368 e. The van der Waals surface area contributed by atoms with Gasteiger partial charge in [0.05, 0.1) is 5.69 Å². The van der Waals surface area contributed by atoms with Crippen LogP contribution < -0.4 is 5.32 Å². The first kappa shape index (κ1) is 13.1. The lowest BCUT2D eigenvalue weighted by molar-refractivity contribution is 0.687. The summed E-state index contributed by atoms with van der Waals surface area (Å²) in [7, 11) is 0. The molecule has 0 aliphatic carbocycles. The minimum atomic E-state index is 0.767. The Balaban J connectivity index is 1.87. The molecule has 0 saturated carbocycles. The summed E-state index contributed by atoms with van der Waals surface area (Å²) in [5, 5.41) is 7.74. The van der Waals surface area contributed by atoms with Crippen LogP contribution in [0.15, 0.2) is 18.5 Å². The number of nitrogens with one attached hydrogen (secondary N) is 1. The molecular formula is C13H19ClN4. The molecule has 0 spiro atoms. The molecule has 0 aliphatic heterocycles. The smallest absolute Gasteiger partial charge is 0.152 e. The molecule has 2 aromatic rings. The Hall–Kier alpha value is -1.29. The van der Waals surface area contributed by atoms with Gasteiger partial charge < -0.3 is 5.32 Å². The van der Waals surface area contributed by atoms with Gasteiger partial charge >= 0.3 is 0 Å². The molecule has 0 radical (unpaired) electrons. The van der Waals surface area contributed by atoms with Gasteiger partial charge in [0.2, 0.25) is 0 Å². The summed E-state index contributed by atoms with van der Waals surface area (Å²) in [6.07, 6.45) is 8.31. The summed E-state index contributed by atoms with van der Waals surface area (Å²) in [6.45, 7) is 2.93. The molecule has 0 amide bonds. The highest BCUT2D eigenvalue weighted by atomic mass is 35.5. The predicted octanol–water partition coefficient (Wildman–Crippen LogP) is 3.25. The van der Waals surface area contributed by atoms with Crippen LogP contribution in [0, 0.1) is 6.92 Å². The number of anilines is 1. The molecule has 2 rings (SSSR count). The Bertz CT molecular complexity index is 495. The van der Waals surface area contributed by atoms with Crippen LogP contribution in [-0.4, -0.2) is 27.0 Å². The highest BCUT2D eigenvalue weighted by Crippen LogP contribution is 2.14. The van der Waals surface area contributed by atoms with Crippen molar-refractivity contribution in [3.8, 4) is 0 Å². The molecule has 0 bridgehead atoms. The Morgan fingerprint density at radius 1 is 1.28 bits per heavy atom. The fraction of sp³-hybridized carbons (Fsp3) is 0.538. The van der Waals surface area contributed by atoms with Gasteiger partial charge in [0.15, 0.2) is 5.82 Å². The van der Waals surface area contributed by atoms with Gasteiger partial charge in [-0.25, -0.2) is 9.50 Å². The number of aryl methyl sites for hydroxylation is 1. The van der Waals surface area contributed by atoms with Crippen LogP contribution in [0.2, 0.25) is 0 Å². The fourth-order valence-electron chi connectivity index (χ4n) is 1.96. The SMILES string of the molecule is Cc1cc2c(NCCCCCCCl)nccn2n1. The van der Waals surface area contributed by atoms with Gasteiger partial charge in [0.25, 0.3) is 0 Å². The maximum atomic E-state index is 5.64. The zero-order chi connectivity index (χ0) is 12.8. The van der Waals surface area contributed by atoms with Crippen LogP contribution in [0.1, 0.15) is 31.4 Å². The molecule has 18 heavy (non-hydrogen) atoms. The number of aromatic nitrogens is 3. The molecule has 0 unspecified atom stereocenters. The van der Waals surface area contributed by atoms with Crippen LogP contribution >= 0.6 is 11.6 Å². The Morgan fingerprint density at radius 2 is 2.11 bits per heavy atom. The van der Waals surface area contributed by atoms with Crippen molar-refractivity contribution in [2.24, 2.45) is 0 Å². The molecule has 0 aliphatic rings. The zero-order valence-electron chi connectivity index (χ0n) is 10.7. The molecule has 0 atom stereocenters. The van der Waals surface area contributed by atoms with Crippen molar-refractivity contribution in [1.82, 2.24) is 14.6 Å². The molecule has 2 heterocycles. The first-order chi connectivity index (χ1) is 8.81. The van der Waals surface area contributed by atoms with Crippen molar-refractivity contribution >= 4 is 22.9 Å². The van der Waals surface area contributed by atoms with Gasteiger partial charge in [-0.05, 0) is 25.8 Å². The number of unbranched alkanes of at least 4 members (excludes halogenated alkanes) is 3. The fourth-order valence-corrected chi connectivity index (χ4v) is 2.15. The predicted molar refractivity (Wildman–Crippen MR) is 75.4 cm³/mol. The lowest BCUT2D eigenvalue weighted by Crippen LogP contribution is -2.05. The third kappa shape index (κ3) is 3.35. The summed E-state index contributed by atoms with van der Waals surface area (Å²) in [5.41, 5.74) is 2.05. The second-order valence-corrected chi connectivity index (χ2v) is 4.80. The van der Waals surface area contributed by atoms with E-state index in [2.05, 4.69) is 15.4 Å². The average Bonchev–Trinajstić information content (AvgIpc) is 2.74. The number of hydrogen-bond acceptors (Lipinski definition) is 3. The molecule has 1 N–H and O–H groups in total. The number of nitrogens with zero attached hydrogens (tertiary/aromatic N) is 3. The standard InChI is InChI=1S/C13H19ClN4/c1-11-10-12-13(16-8-9-18(12)17-11)15-7-5-3-2-4-6-14/h8-10H,2-7H2,1H3,(H,15,16). The molecule has 2 aromatic heterocycles. The first-order valence-electron chi connectivity index (χ1n) is 6.42. The van der Waals surface area contributed by atoms with Gasteiger partial charge in [-0.2, -0.15) is 5.10 Å². The lowest BCUT2D eigenvalue weighted by Gasteiger charge is -2.06. The van der Waals surface area contributed by atoms with Crippen molar-refractivity contribution in [1.29, 1.82) is 0 Å². The van der Waals surface area contributed by atoms with Gasteiger partial charge in [-0.1, -0.05) is 12.8 Å². The maximum absolute atomic E-state index is 5.64. The summed E-state index contributed by atoms with van der Waals surface area (Å²) in [5.74, 6) is 1.68. The van der Waals surface area contributed by atoms with Gasteiger partial charge in [0.1, 0.15) is 5.52 Å². The number of hydrogen-bond donors (Lipinski definition) is 1. The van der Waals surface area contributed by atoms with E-state index in [0.29, 0.717) is 0 Å². The second kappa shape index (κ2) is 6.59. The van der Waals surface area contributed by atoms with Crippen LogP contribution in [0.5, 0.6) is 0 Å². The van der Waals surface area contributed by atoms with E-state index in [1.165, 1.54) is 12.8 Å². The van der Waals surface area contributed by atoms with Crippen molar-refractivity contribution in [3.05, 3.63) is 24.2 Å². The van der Waals surface area contributed by atoms with Crippen LogP contribution in [0.3, 0.4) is 0 Å². The van der Waals surface area contributed by atoms with Crippen LogP contribution in [-0.2, 0) is 0 Å². The normalized spacial score (nSPS) is 11.0.